The van der Waals surface area contributed by atoms with Gasteiger partial charge in [0.2, 0.25) is 0 Å². The fraction of sp³-hybridized carbons (Fsp3) is 0.533. The van der Waals surface area contributed by atoms with Gasteiger partial charge in [0, 0.05) is 12.7 Å². The zero-order valence-corrected chi connectivity index (χ0v) is 12.4. The van der Waals surface area contributed by atoms with Crippen molar-refractivity contribution in [2.45, 2.75) is 27.7 Å². The van der Waals surface area contributed by atoms with Crippen LogP contribution in [0.15, 0.2) is 18.3 Å². The summed E-state index contributed by atoms with van der Waals surface area (Å²) in [5.41, 5.74) is -0.109. The molecule has 5 nitrogen and oxygen atoms in total. The van der Waals surface area contributed by atoms with Crippen molar-refractivity contribution in [2.75, 3.05) is 6.54 Å². The van der Waals surface area contributed by atoms with E-state index in [1.165, 1.54) is 18.3 Å². The first-order valence-electron chi connectivity index (χ1n) is 6.81. The largest absolute Gasteiger partial charge is 0.478 e. The van der Waals surface area contributed by atoms with E-state index in [2.05, 4.69) is 38.0 Å². The summed E-state index contributed by atoms with van der Waals surface area (Å²) in [6, 6.07) is 2.89. The molecular weight excluding hydrogens is 256 g/mol. The molecule has 1 rings (SSSR count). The zero-order chi connectivity index (χ0) is 15.3. The fourth-order valence-corrected chi connectivity index (χ4v) is 2.29. The zero-order valence-electron chi connectivity index (χ0n) is 12.4. The van der Waals surface area contributed by atoms with E-state index in [1.54, 1.807) is 0 Å². The number of carboxylic acid groups (broad SMARTS) is 1. The SMILES string of the molecule is CC(C)C(CNC(=O)c1ncccc1C(=O)O)C(C)C. The molecule has 0 unspecified atom stereocenters. The maximum Gasteiger partial charge on any atom is 0.338 e. The molecule has 0 atom stereocenters. The lowest BCUT2D eigenvalue weighted by molar-refractivity contribution is 0.0689. The van der Waals surface area contributed by atoms with Gasteiger partial charge >= 0.3 is 5.97 Å². The smallest absolute Gasteiger partial charge is 0.338 e. The van der Waals surface area contributed by atoms with Crippen LogP contribution in [-0.2, 0) is 0 Å². The summed E-state index contributed by atoms with van der Waals surface area (Å²) < 4.78 is 0. The van der Waals surface area contributed by atoms with Crippen molar-refractivity contribution < 1.29 is 14.7 Å². The molecule has 0 saturated heterocycles. The molecule has 0 spiro atoms. The van der Waals surface area contributed by atoms with Gasteiger partial charge in [0.05, 0.1) is 5.56 Å². The quantitative estimate of drug-likeness (QED) is 0.837. The minimum absolute atomic E-state index is 0.0359. The lowest BCUT2D eigenvalue weighted by Crippen LogP contribution is -2.35. The number of carbonyl (C=O) groups is 2. The monoisotopic (exact) mass is 278 g/mol. The number of rotatable bonds is 6. The summed E-state index contributed by atoms with van der Waals surface area (Å²) in [6.45, 7) is 8.96. The van der Waals surface area contributed by atoms with E-state index >= 15 is 0 Å². The third-order valence-electron chi connectivity index (χ3n) is 3.46. The van der Waals surface area contributed by atoms with Crippen molar-refractivity contribution >= 4 is 11.9 Å². The molecule has 20 heavy (non-hydrogen) atoms. The van der Waals surface area contributed by atoms with Crippen molar-refractivity contribution in [2.24, 2.45) is 17.8 Å². The first kappa shape index (κ1) is 16.1. The topological polar surface area (TPSA) is 79.3 Å². The molecule has 0 aromatic carbocycles. The summed E-state index contributed by atoms with van der Waals surface area (Å²) in [7, 11) is 0. The molecule has 1 aromatic rings. The van der Waals surface area contributed by atoms with Gasteiger partial charge in [-0.25, -0.2) is 4.79 Å². The highest BCUT2D eigenvalue weighted by molar-refractivity contribution is 6.03. The van der Waals surface area contributed by atoms with E-state index in [0.717, 1.165) is 0 Å². The molecular formula is C15H22N2O3. The Balaban J connectivity index is 2.80. The summed E-state index contributed by atoms with van der Waals surface area (Å²) >= 11 is 0. The van der Waals surface area contributed by atoms with Crippen molar-refractivity contribution in [3.63, 3.8) is 0 Å². The van der Waals surface area contributed by atoms with Crippen LogP contribution in [0.2, 0.25) is 0 Å². The normalized spacial score (nSPS) is 11.2. The highest BCUT2D eigenvalue weighted by Gasteiger charge is 2.21. The van der Waals surface area contributed by atoms with Crippen LogP contribution >= 0.6 is 0 Å². The van der Waals surface area contributed by atoms with Crippen LogP contribution in [0.3, 0.4) is 0 Å². The first-order valence-corrected chi connectivity index (χ1v) is 6.81. The Hall–Kier alpha value is -1.91. The fourth-order valence-electron chi connectivity index (χ4n) is 2.29. The van der Waals surface area contributed by atoms with Crippen LogP contribution in [0.4, 0.5) is 0 Å². The molecule has 0 radical (unpaired) electrons. The second kappa shape index (κ2) is 7.03. The standard InChI is InChI=1S/C15H22N2O3/c1-9(2)12(10(3)4)8-17-14(18)13-11(15(19)20)6-5-7-16-13/h5-7,9-10,12H,8H2,1-4H3,(H,17,18)(H,19,20). The molecule has 2 N–H and O–H groups in total. The Labute approximate surface area is 119 Å². The third kappa shape index (κ3) is 4.05. The van der Waals surface area contributed by atoms with Crippen LogP contribution in [-0.4, -0.2) is 28.5 Å². The number of hydrogen-bond acceptors (Lipinski definition) is 3. The van der Waals surface area contributed by atoms with Gasteiger partial charge in [-0.1, -0.05) is 27.7 Å². The van der Waals surface area contributed by atoms with Crippen LogP contribution in [0.5, 0.6) is 0 Å². The van der Waals surface area contributed by atoms with Gasteiger partial charge in [-0.15, -0.1) is 0 Å². The average molecular weight is 278 g/mol. The summed E-state index contributed by atoms with van der Waals surface area (Å²) in [4.78, 5) is 27.0. The van der Waals surface area contributed by atoms with Crippen LogP contribution < -0.4 is 5.32 Å². The Kier molecular flexibility index (Phi) is 5.67. The van der Waals surface area contributed by atoms with Crippen LogP contribution in [0, 0.1) is 17.8 Å². The van der Waals surface area contributed by atoms with E-state index in [0.29, 0.717) is 24.3 Å². The number of nitrogens with zero attached hydrogens (tertiary/aromatic N) is 1. The number of carbonyl (C=O) groups excluding carboxylic acids is 1. The lowest BCUT2D eigenvalue weighted by Gasteiger charge is -2.25. The van der Waals surface area contributed by atoms with Gasteiger partial charge in [-0.3, -0.25) is 9.78 Å². The molecule has 1 heterocycles. The van der Waals surface area contributed by atoms with Crippen LogP contribution in [0.1, 0.15) is 48.5 Å². The van der Waals surface area contributed by atoms with E-state index < -0.39 is 11.9 Å². The highest BCUT2D eigenvalue weighted by Crippen LogP contribution is 2.19. The van der Waals surface area contributed by atoms with Crippen molar-refractivity contribution in [1.29, 1.82) is 0 Å². The molecule has 1 amide bonds. The lowest BCUT2D eigenvalue weighted by atomic mass is 9.85. The van der Waals surface area contributed by atoms with Crippen molar-refractivity contribution in [3.8, 4) is 0 Å². The average Bonchev–Trinajstić information content (AvgIpc) is 2.37. The van der Waals surface area contributed by atoms with Gasteiger partial charge in [-0.05, 0) is 29.9 Å². The maximum atomic E-state index is 12.1. The first-order chi connectivity index (χ1) is 9.34. The van der Waals surface area contributed by atoms with E-state index in [9.17, 15) is 9.59 Å². The third-order valence-corrected chi connectivity index (χ3v) is 3.46. The van der Waals surface area contributed by atoms with E-state index in [4.69, 9.17) is 5.11 Å². The Morgan fingerprint density at radius 3 is 2.35 bits per heavy atom. The summed E-state index contributed by atoms with van der Waals surface area (Å²) in [5, 5.41) is 11.8. The number of pyridine rings is 1. The van der Waals surface area contributed by atoms with Crippen molar-refractivity contribution in [1.82, 2.24) is 10.3 Å². The number of aromatic nitrogens is 1. The van der Waals surface area contributed by atoms with Crippen molar-refractivity contribution in [3.05, 3.63) is 29.6 Å². The second-order valence-corrected chi connectivity index (χ2v) is 5.57. The van der Waals surface area contributed by atoms with Gasteiger partial charge < -0.3 is 10.4 Å². The Bertz CT molecular complexity index is 476. The molecule has 0 aliphatic rings. The molecule has 5 heteroatoms. The van der Waals surface area contributed by atoms with Gasteiger partial charge in [0.15, 0.2) is 0 Å². The summed E-state index contributed by atoms with van der Waals surface area (Å²) in [6.07, 6.45) is 1.42. The second-order valence-electron chi connectivity index (χ2n) is 5.57. The predicted octanol–water partition coefficient (Wildman–Crippen LogP) is 2.44. The molecule has 0 fully saturated rings. The van der Waals surface area contributed by atoms with E-state index in [1.807, 2.05) is 0 Å². The van der Waals surface area contributed by atoms with Gasteiger partial charge in [-0.2, -0.15) is 0 Å². The van der Waals surface area contributed by atoms with Gasteiger partial charge in [0.1, 0.15) is 5.69 Å². The number of hydrogen-bond donors (Lipinski definition) is 2. The summed E-state index contributed by atoms with van der Waals surface area (Å²) in [5.74, 6) is -0.353. The Morgan fingerprint density at radius 1 is 1.25 bits per heavy atom. The molecule has 0 aliphatic heterocycles. The number of carboxylic acids is 1. The van der Waals surface area contributed by atoms with Crippen LogP contribution in [0.25, 0.3) is 0 Å². The molecule has 0 bridgehead atoms. The molecule has 110 valence electrons. The van der Waals surface area contributed by atoms with Gasteiger partial charge in [0.25, 0.3) is 5.91 Å². The number of amides is 1. The minimum Gasteiger partial charge on any atom is -0.478 e. The van der Waals surface area contributed by atoms with E-state index in [-0.39, 0.29) is 11.3 Å². The minimum atomic E-state index is -1.15. The highest BCUT2D eigenvalue weighted by atomic mass is 16.4. The molecule has 1 aromatic heterocycles. The maximum absolute atomic E-state index is 12.1. The molecule has 0 saturated carbocycles. The predicted molar refractivity (Wildman–Crippen MR) is 76.7 cm³/mol. The Morgan fingerprint density at radius 2 is 1.85 bits per heavy atom. The number of aromatic carboxylic acids is 1. The molecule has 0 aliphatic carbocycles. The number of nitrogens with one attached hydrogen (secondary N) is 1.